The second kappa shape index (κ2) is 6.08. The highest BCUT2D eigenvalue weighted by molar-refractivity contribution is 7.16. The highest BCUT2D eigenvalue weighted by Crippen LogP contribution is 2.38. The second-order valence-corrected chi connectivity index (χ2v) is 6.11. The van der Waals surface area contributed by atoms with Crippen LogP contribution < -0.4 is 0 Å². The second-order valence-electron chi connectivity index (χ2n) is 5.03. The molecule has 0 N–H and O–H groups in total. The van der Waals surface area contributed by atoms with Gasteiger partial charge < -0.3 is 4.90 Å². The van der Waals surface area contributed by atoms with Gasteiger partial charge >= 0.3 is 0 Å². The molecule has 110 valence electrons. The average molecular weight is 310 g/mol. The molecule has 0 spiro atoms. The number of hydrogen-bond donors (Lipinski definition) is 0. The molecule has 6 heteroatoms. The van der Waals surface area contributed by atoms with E-state index in [2.05, 4.69) is 16.0 Å². The Labute approximate surface area is 132 Å². The number of nitrogens with zero attached hydrogens (tertiary/aromatic N) is 4. The van der Waals surface area contributed by atoms with Gasteiger partial charge in [0.15, 0.2) is 0 Å². The lowest BCUT2D eigenvalue weighted by Gasteiger charge is -2.25. The number of aliphatic imine (C=N–C) groups is 1. The highest BCUT2D eigenvalue weighted by Gasteiger charge is 2.25. The smallest absolute Gasteiger partial charge is 0.219 e. The number of rotatable bonds is 2. The van der Waals surface area contributed by atoms with Crippen molar-refractivity contribution in [1.29, 1.82) is 5.26 Å². The number of hydrogen-bond acceptors (Lipinski definition) is 5. The van der Waals surface area contributed by atoms with Gasteiger partial charge in [-0.05, 0) is 18.1 Å². The van der Waals surface area contributed by atoms with Crippen LogP contribution in [-0.4, -0.2) is 28.6 Å². The number of pyridine rings is 1. The van der Waals surface area contributed by atoms with Crippen molar-refractivity contribution in [2.45, 2.75) is 19.9 Å². The summed E-state index contributed by atoms with van der Waals surface area (Å²) in [5, 5.41) is 10.1. The summed E-state index contributed by atoms with van der Waals surface area (Å²) in [5.41, 5.74) is 2.58. The van der Waals surface area contributed by atoms with Gasteiger partial charge in [-0.2, -0.15) is 5.26 Å². The van der Waals surface area contributed by atoms with Crippen molar-refractivity contribution in [1.82, 2.24) is 9.88 Å². The molecule has 1 amide bonds. The quantitative estimate of drug-likeness (QED) is 0.801. The molecule has 2 aromatic rings. The lowest BCUT2D eigenvalue weighted by molar-refractivity contribution is -0.129. The largest absolute Gasteiger partial charge is 0.337 e. The van der Waals surface area contributed by atoms with Crippen LogP contribution in [0.15, 0.2) is 29.5 Å². The first kappa shape index (κ1) is 14.4. The van der Waals surface area contributed by atoms with Crippen molar-refractivity contribution in [2.24, 2.45) is 4.99 Å². The molecule has 0 atom stereocenters. The van der Waals surface area contributed by atoms with E-state index in [-0.39, 0.29) is 5.91 Å². The van der Waals surface area contributed by atoms with Gasteiger partial charge in [-0.25, -0.2) is 4.99 Å². The maximum atomic E-state index is 11.5. The van der Waals surface area contributed by atoms with E-state index in [1.54, 1.807) is 30.4 Å². The van der Waals surface area contributed by atoms with Gasteiger partial charge in [-0.1, -0.05) is 6.07 Å². The number of carbonyl (C=O) groups is 1. The summed E-state index contributed by atoms with van der Waals surface area (Å²) in [6.07, 6.45) is 5.86. The SMILES string of the molecule is CC(=O)N1CCc2c(sc(N=Cc3cccnc3)c2C#N)C1. The number of aromatic nitrogens is 1. The topological polar surface area (TPSA) is 69.3 Å². The molecular weight excluding hydrogens is 296 g/mol. The highest BCUT2D eigenvalue weighted by atomic mass is 32.1. The molecule has 0 bridgehead atoms. The molecule has 1 aliphatic rings. The molecule has 0 saturated heterocycles. The van der Waals surface area contributed by atoms with Crippen LogP contribution in [0.5, 0.6) is 0 Å². The summed E-state index contributed by atoms with van der Waals surface area (Å²) in [4.78, 5) is 22.9. The van der Waals surface area contributed by atoms with Crippen molar-refractivity contribution >= 4 is 28.5 Å². The van der Waals surface area contributed by atoms with Crippen LogP contribution in [0, 0.1) is 11.3 Å². The summed E-state index contributed by atoms with van der Waals surface area (Å²) in [7, 11) is 0. The van der Waals surface area contributed by atoms with Crippen molar-refractivity contribution in [3.8, 4) is 6.07 Å². The summed E-state index contributed by atoms with van der Waals surface area (Å²) in [6, 6.07) is 6.02. The van der Waals surface area contributed by atoms with Crippen LogP contribution >= 0.6 is 11.3 Å². The molecule has 3 heterocycles. The number of nitriles is 1. The Hall–Kier alpha value is -2.52. The van der Waals surface area contributed by atoms with Crippen molar-refractivity contribution in [3.63, 3.8) is 0 Å². The molecule has 22 heavy (non-hydrogen) atoms. The molecule has 0 saturated carbocycles. The van der Waals surface area contributed by atoms with Crippen LogP contribution in [-0.2, 0) is 17.8 Å². The molecular formula is C16H14N4OS. The van der Waals surface area contributed by atoms with Crippen molar-refractivity contribution in [3.05, 3.63) is 46.1 Å². The zero-order valence-corrected chi connectivity index (χ0v) is 12.9. The van der Waals surface area contributed by atoms with E-state index >= 15 is 0 Å². The van der Waals surface area contributed by atoms with Gasteiger partial charge in [0.1, 0.15) is 11.1 Å². The first-order valence-electron chi connectivity index (χ1n) is 6.93. The van der Waals surface area contributed by atoms with E-state index in [4.69, 9.17) is 0 Å². The van der Waals surface area contributed by atoms with Crippen LogP contribution in [0.3, 0.4) is 0 Å². The minimum absolute atomic E-state index is 0.0676. The van der Waals surface area contributed by atoms with Gasteiger partial charge in [0, 0.05) is 42.5 Å². The van der Waals surface area contributed by atoms with E-state index in [1.165, 1.54) is 11.3 Å². The molecule has 0 unspecified atom stereocenters. The Morgan fingerprint density at radius 3 is 3.14 bits per heavy atom. The first-order valence-corrected chi connectivity index (χ1v) is 7.75. The van der Waals surface area contributed by atoms with Crippen molar-refractivity contribution in [2.75, 3.05) is 6.54 Å². The normalized spacial score (nSPS) is 13.9. The zero-order chi connectivity index (χ0) is 15.5. The maximum absolute atomic E-state index is 11.5. The minimum Gasteiger partial charge on any atom is -0.337 e. The number of amides is 1. The minimum atomic E-state index is 0.0676. The molecule has 2 aromatic heterocycles. The Morgan fingerprint density at radius 1 is 1.59 bits per heavy atom. The van der Waals surface area contributed by atoms with Gasteiger partial charge in [0.25, 0.3) is 0 Å². The summed E-state index contributed by atoms with van der Waals surface area (Å²) >= 11 is 1.49. The Balaban J connectivity index is 1.92. The standard InChI is InChI=1S/C16H14N4OS/c1-11(21)20-6-4-13-14(7-17)16(22-15(13)10-20)19-9-12-3-2-5-18-8-12/h2-3,5,8-9H,4,6,10H2,1H3. The van der Waals surface area contributed by atoms with E-state index < -0.39 is 0 Å². The van der Waals surface area contributed by atoms with Crippen molar-refractivity contribution < 1.29 is 4.79 Å². The summed E-state index contributed by atoms with van der Waals surface area (Å²) < 4.78 is 0. The van der Waals surface area contributed by atoms with E-state index in [0.717, 1.165) is 22.4 Å². The molecule has 0 aromatic carbocycles. The van der Waals surface area contributed by atoms with Crippen LogP contribution in [0.4, 0.5) is 5.00 Å². The fraction of sp³-hybridized carbons (Fsp3) is 0.250. The van der Waals surface area contributed by atoms with Crippen LogP contribution in [0.2, 0.25) is 0 Å². The summed E-state index contributed by atoms with van der Waals surface area (Å²) in [5.74, 6) is 0.0676. The number of fused-ring (bicyclic) bond motifs is 1. The third kappa shape index (κ3) is 2.76. The van der Waals surface area contributed by atoms with Crippen LogP contribution in [0.25, 0.3) is 0 Å². The third-order valence-corrected chi connectivity index (χ3v) is 4.74. The average Bonchev–Trinajstić information content (AvgIpc) is 2.90. The zero-order valence-electron chi connectivity index (χ0n) is 12.1. The van der Waals surface area contributed by atoms with Gasteiger partial charge in [-0.15, -0.1) is 11.3 Å². The molecule has 0 fully saturated rings. The van der Waals surface area contributed by atoms with Gasteiger partial charge in [0.2, 0.25) is 5.91 Å². The van der Waals surface area contributed by atoms with E-state index in [1.807, 2.05) is 12.1 Å². The predicted molar refractivity (Wildman–Crippen MR) is 85.3 cm³/mol. The maximum Gasteiger partial charge on any atom is 0.219 e. The fourth-order valence-electron chi connectivity index (χ4n) is 2.45. The molecule has 0 aliphatic carbocycles. The number of carbonyl (C=O) groups excluding carboxylic acids is 1. The molecule has 1 aliphatic heterocycles. The Morgan fingerprint density at radius 2 is 2.45 bits per heavy atom. The van der Waals surface area contributed by atoms with Crippen LogP contribution in [0.1, 0.15) is 28.5 Å². The monoisotopic (exact) mass is 310 g/mol. The fourth-order valence-corrected chi connectivity index (χ4v) is 3.61. The molecule has 3 rings (SSSR count). The third-order valence-electron chi connectivity index (χ3n) is 3.61. The Kier molecular flexibility index (Phi) is 3.98. The predicted octanol–water partition coefficient (Wildman–Crippen LogP) is 2.67. The Bertz CT molecular complexity index is 773. The van der Waals surface area contributed by atoms with E-state index in [9.17, 15) is 10.1 Å². The van der Waals surface area contributed by atoms with Gasteiger partial charge in [0.05, 0.1) is 12.1 Å². The van der Waals surface area contributed by atoms with E-state index in [0.29, 0.717) is 23.7 Å². The number of thiophene rings is 1. The molecule has 5 nitrogen and oxygen atoms in total. The lowest BCUT2D eigenvalue weighted by atomic mass is 10.0. The molecule has 0 radical (unpaired) electrons. The summed E-state index contributed by atoms with van der Waals surface area (Å²) in [6.45, 7) is 2.82. The lowest BCUT2D eigenvalue weighted by Crippen LogP contribution is -2.33. The first-order chi connectivity index (χ1) is 10.7. The van der Waals surface area contributed by atoms with Gasteiger partial charge in [-0.3, -0.25) is 9.78 Å².